The maximum absolute atomic E-state index is 9.75. The van der Waals surface area contributed by atoms with Gasteiger partial charge in [0.2, 0.25) is 5.75 Å². The zero-order valence-corrected chi connectivity index (χ0v) is 9.79. The SMILES string of the molecule is COC1(c2ccccc2)Oc2cccc(O)c2O1. The molecule has 18 heavy (non-hydrogen) atoms. The summed E-state index contributed by atoms with van der Waals surface area (Å²) in [6.07, 6.45) is 0. The minimum Gasteiger partial charge on any atom is -0.504 e. The summed E-state index contributed by atoms with van der Waals surface area (Å²) in [6.45, 7) is 0. The molecule has 0 aliphatic carbocycles. The summed E-state index contributed by atoms with van der Waals surface area (Å²) in [7, 11) is 1.50. The van der Waals surface area contributed by atoms with Crippen LogP contribution < -0.4 is 9.47 Å². The molecule has 0 fully saturated rings. The molecule has 0 amide bonds. The number of para-hydroxylation sites is 1. The van der Waals surface area contributed by atoms with Crippen LogP contribution in [0.3, 0.4) is 0 Å². The highest BCUT2D eigenvalue weighted by Crippen LogP contribution is 2.48. The molecule has 1 aliphatic heterocycles. The first kappa shape index (κ1) is 10.9. The molecular formula is C14H12O4. The highest BCUT2D eigenvalue weighted by Gasteiger charge is 2.45. The lowest BCUT2D eigenvalue weighted by Gasteiger charge is -2.25. The van der Waals surface area contributed by atoms with Gasteiger partial charge in [0, 0.05) is 7.11 Å². The molecule has 92 valence electrons. The molecule has 0 bridgehead atoms. The van der Waals surface area contributed by atoms with E-state index in [0.717, 1.165) is 5.56 Å². The van der Waals surface area contributed by atoms with Gasteiger partial charge in [0.15, 0.2) is 11.5 Å². The fourth-order valence-corrected chi connectivity index (χ4v) is 1.95. The van der Waals surface area contributed by atoms with Crippen LogP contribution in [0, 0.1) is 0 Å². The second-order valence-electron chi connectivity index (χ2n) is 3.93. The number of rotatable bonds is 2. The van der Waals surface area contributed by atoms with E-state index in [2.05, 4.69) is 0 Å². The fraction of sp³-hybridized carbons (Fsp3) is 0.143. The molecule has 1 aliphatic rings. The Hall–Kier alpha value is -2.20. The van der Waals surface area contributed by atoms with E-state index in [1.807, 2.05) is 30.3 Å². The molecule has 0 aromatic heterocycles. The van der Waals surface area contributed by atoms with Gasteiger partial charge in [0.25, 0.3) is 0 Å². The number of hydrogen-bond donors (Lipinski definition) is 1. The van der Waals surface area contributed by atoms with Crippen LogP contribution in [-0.2, 0) is 10.7 Å². The van der Waals surface area contributed by atoms with Crippen LogP contribution in [-0.4, -0.2) is 12.2 Å². The van der Waals surface area contributed by atoms with E-state index in [-0.39, 0.29) is 5.75 Å². The van der Waals surface area contributed by atoms with Gasteiger partial charge in [-0.2, -0.15) is 0 Å². The van der Waals surface area contributed by atoms with Crippen molar-refractivity contribution < 1.29 is 19.3 Å². The standard InChI is InChI=1S/C14H12O4/c1-16-14(10-6-3-2-4-7-10)17-12-9-5-8-11(15)13(12)18-14/h2-9,15H,1H3. The first-order valence-corrected chi connectivity index (χ1v) is 5.56. The van der Waals surface area contributed by atoms with Crippen molar-refractivity contribution in [2.24, 2.45) is 0 Å². The maximum atomic E-state index is 9.75. The molecule has 4 nitrogen and oxygen atoms in total. The third kappa shape index (κ3) is 1.50. The quantitative estimate of drug-likeness (QED) is 0.882. The smallest absolute Gasteiger partial charge is 0.401 e. The van der Waals surface area contributed by atoms with Crippen molar-refractivity contribution in [1.29, 1.82) is 0 Å². The van der Waals surface area contributed by atoms with Crippen molar-refractivity contribution >= 4 is 0 Å². The molecule has 1 heterocycles. The molecule has 0 spiro atoms. The van der Waals surface area contributed by atoms with E-state index in [0.29, 0.717) is 11.5 Å². The lowest BCUT2D eigenvalue weighted by molar-refractivity contribution is -0.279. The van der Waals surface area contributed by atoms with Crippen LogP contribution in [0.5, 0.6) is 17.2 Å². The molecule has 2 aromatic carbocycles. The molecule has 3 rings (SSSR count). The van der Waals surface area contributed by atoms with Gasteiger partial charge in [-0.1, -0.05) is 24.3 Å². The van der Waals surface area contributed by atoms with Gasteiger partial charge in [-0.15, -0.1) is 0 Å². The zero-order valence-electron chi connectivity index (χ0n) is 9.79. The summed E-state index contributed by atoms with van der Waals surface area (Å²) < 4.78 is 16.7. The third-order valence-corrected chi connectivity index (χ3v) is 2.83. The largest absolute Gasteiger partial charge is 0.504 e. The Morgan fingerprint density at radius 1 is 1.00 bits per heavy atom. The number of phenolic OH excluding ortho intramolecular Hbond substituents is 1. The van der Waals surface area contributed by atoms with Gasteiger partial charge < -0.3 is 19.3 Å². The molecule has 0 radical (unpaired) electrons. The highest BCUT2D eigenvalue weighted by molar-refractivity contribution is 5.53. The van der Waals surface area contributed by atoms with Gasteiger partial charge in [-0.25, -0.2) is 0 Å². The van der Waals surface area contributed by atoms with Gasteiger partial charge in [0.1, 0.15) is 0 Å². The lowest BCUT2D eigenvalue weighted by Crippen LogP contribution is -2.37. The van der Waals surface area contributed by atoms with E-state index < -0.39 is 5.97 Å². The summed E-state index contributed by atoms with van der Waals surface area (Å²) in [5, 5.41) is 9.75. The predicted octanol–water partition coefficient (Wildman–Crippen LogP) is 2.62. The Bertz CT molecular complexity index is 567. The predicted molar refractivity (Wildman–Crippen MR) is 64.5 cm³/mol. The number of methoxy groups -OCH3 is 1. The van der Waals surface area contributed by atoms with Crippen LogP contribution >= 0.6 is 0 Å². The van der Waals surface area contributed by atoms with Crippen molar-refractivity contribution in [1.82, 2.24) is 0 Å². The molecule has 1 unspecified atom stereocenters. The third-order valence-electron chi connectivity index (χ3n) is 2.83. The topological polar surface area (TPSA) is 47.9 Å². The van der Waals surface area contributed by atoms with Gasteiger partial charge >= 0.3 is 5.97 Å². The van der Waals surface area contributed by atoms with E-state index in [1.54, 1.807) is 18.2 Å². The summed E-state index contributed by atoms with van der Waals surface area (Å²) in [4.78, 5) is 0. The Labute approximate surface area is 104 Å². The average molecular weight is 244 g/mol. The van der Waals surface area contributed by atoms with Gasteiger partial charge in [0.05, 0.1) is 5.56 Å². The van der Waals surface area contributed by atoms with Gasteiger partial charge in [-0.05, 0) is 24.3 Å². The summed E-state index contributed by atoms with van der Waals surface area (Å²) in [6, 6.07) is 14.3. The molecular weight excluding hydrogens is 232 g/mol. The van der Waals surface area contributed by atoms with E-state index in [4.69, 9.17) is 14.2 Å². The van der Waals surface area contributed by atoms with E-state index in [1.165, 1.54) is 7.11 Å². The van der Waals surface area contributed by atoms with Crippen molar-refractivity contribution in [3.8, 4) is 17.2 Å². The van der Waals surface area contributed by atoms with Crippen LogP contribution in [0.2, 0.25) is 0 Å². The summed E-state index contributed by atoms with van der Waals surface area (Å²) in [5.74, 6) is -0.547. The van der Waals surface area contributed by atoms with Crippen LogP contribution in [0.25, 0.3) is 0 Å². The summed E-state index contributed by atoms with van der Waals surface area (Å²) in [5.41, 5.74) is 0.725. The normalized spacial score (nSPS) is 20.9. The minimum atomic E-state index is -1.33. The summed E-state index contributed by atoms with van der Waals surface area (Å²) >= 11 is 0. The Kier molecular flexibility index (Phi) is 2.38. The number of aromatic hydroxyl groups is 1. The van der Waals surface area contributed by atoms with Crippen LogP contribution in [0.1, 0.15) is 5.56 Å². The number of ether oxygens (including phenoxy) is 3. The second kappa shape index (κ2) is 3.92. The fourth-order valence-electron chi connectivity index (χ4n) is 1.95. The van der Waals surface area contributed by atoms with Gasteiger partial charge in [-0.3, -0.25) is 0 Å². The highest BCUT2D eigenvalue weighted by atomic mass is 16.9. The van der Waals surface area contributed by atoms with Crippen LogP contribution in [0.4, 0.5) is 0 Å². The average Bonchev–Trinajstić information content (AvgIpc) is 2.81. The number of phenols is 1. The number of benzene rings is 2. The molecule has 0 saturated carbocycles. The second-order valence-corrected chi connectivity index (χ2v) is 3.93. The monoisotopic (exact) mass is 244 g/mol. The zero-order chi connectivity index (χ0) is 12.6. The Morgan fingerprint density at radius 2 is 1.78 bits per heavy atom. The number of hydrogen-bond acceptors (Lipinski definition) is 4. The van der Waals surface area contributed by atoms with E-state index in [9.17, 15) is 5.11 Å². The van der Waals surface area contributed by atoms with E-state index >= 15 is 0 Å². The van der Waals surface area contributed by atoms with Crippen molar-refractivity contribution in [3.63, 3.8) is 0 Å². The molecule has 4 heteroatoms. The van der Waals surface area contributed by atoms with Crippen molar-refractivity contribution in [2.45, 2.75) is 5.97 Å². The maximum Gasteiger partial charge on any atom is 0.401 e. The molecule has 0 saturated heterocycles. The number of fused-ring (bicyclic) bond motifs is 1. The van der Waals surface area contributed by atoms with Crippen LogP contribution in [0.15, 0.2) is 48.5 Å². The molecule has 1 atom stereocenters. The first-order chi connectivity index (χ1) is 8.75. The lowest BCUT2D eigenvalue weighted by atomic mass is 10.2. The Balaban J connectivity index is 2.06. The Morgan fingerprint density at radius 3 is 2.44 bits per heavy atom. The molecule has 1 N–H and O–H groups in total. The molecule has 2 aromatic rings. The van der Waals surface area contributed by atoms with Crippen molar-refractivity contribution in [2.75, 3.05) is 7.11 Å². The minimum absolute atomic E-state index is 0.0300. The first-order valence-electron chi connectivity index (χ1n) is 5.56. The van der Waals surface area contributed by atoms with Crippen molar-refractivity contribution in [3.05, 3.63) is 54.1 Å².